The van der Waals surface area contributed by atoms with E-state index in [-0.39, 0.29) is 5.56 Å². The van der Waals surface area contributed by atoms with E-state index >= 15 is 0 Å². The van der Waals surface area contributed by atoms with Crippen molar-refractivity contribution in [1.82, 2.24) is 5.32 Å². The van der Waals surface area contributed by atoms with E-state index in [2.05, 4.69) is 5.32 Å². The van der Waals surface area contributed by atoms with Crippen LogP contribution in [-0.4, -0.2) is 15.0 Å². The Bertz CT molecular complexity index is 826. The molecule has 134 valence electrons. The summed E-state index contributed by atoms with van der Waals surface area (Å²) in [6.07, 6.45) is 0.964. The molecule has 0 saturated carbocycles. The van der Waals surface area contributed by atoms with Crippen molar-refractivity contribution in [3.63, 3.8) is 0 Å². The number of nitrogens with one attached hydrogen (secondary N) is 1. The molecule has 1 heterocycles. The summed E-state index contributed by atoms with van der Waals surface area (Å²) in [5.41, 5.74) is 5.41. The summed E-state index contributed by atoms with van der Waals surface area (Å²) in [4.78, 5) is 0. The van der Waals surface area contributed by atoms with Gasteiger partial charge in [-0.15, -0.1) is 0 Å². The van der Waals surface area contributed by atoms with Crippen LogP contribution < -0.4 is 15.4 Å². The predicted octanol–water partition coefficient (Wildman–Crippen LogP) is 1.99. The second kappa shape index (κ2) is 7.07. The van der Waals surface area contributed by atoms with E-state index in [1.807, 2.05) is 0 Å². The Balaban J connectivity index is 2.17. The monoisotopic (exact) mass is 367 g/mol. The largest absolute Gasteiger partial charge is 0.326 e. The SMILES string of the molecule is NCc1ccc(N([SH](=O)=O)C2(c3cc(F)ccc3F)CCCN2)cc1. The van der Waals surface area contributed by atoms with Crippen molar-refractivity contribution >= 4 is 16.6 Å². The standard InChI is InChI=1S/C17H19F2N3O2S/c18-13-4-7-16(19)15(10-13)17(8-1-9-21-17)22(25(23)24)14-5-2-12(11-20)3-6-14/h2-7,10,21,25H,1,8-9,11,20H2. The minimum Gasteiger partial charge on any atom is -0.326 e. The molecule has 1 aliphatic rings. The molecule has 3 N–H and O–H groups in total. The van der Waals surface area contributed by atoms with Gasteiger partial charge in [-0.05, 0) is 55.3 Å². The zero-order valence-corrected chi connectivity index (χ0v) is 14.3. The van der Waals surface area contributed by atoms with Gasteiger partial charge >= 0.3 is 0 Å². The molecule has 1 atom stereocenters. The molecular formula is C17H19F2N3O2S. The summed E-state index contributed by atoms with van der Waals surface area (Å²) in [6.45, 7) is 0.822. The summed E-state index contributed by atoms with van der Waals surface area (Å²) in [7, 11) is -3.11. The Morgan fingerprint density at radius 2 is 1.88 bits per heavy atom. The van der Waals surface area contributed by atoms with E-state index < -0.39 is 28.2 Å². The van der Waals surface area contributed by atoms with Crippen LogP contribution >= 0.6 is 0 Å². The minimum atomic E-state index is -3.11. The van der Waals surface area contributed by atoms with Crippen molar-refractivity contribution in [1.29, 1.82) is 0 Å². The van der Waals surface area contributed by atoms with E-state index in [0.29, 0.717) is 31.6 Å². The van der Waals surface area contributed by atoms with E-state index in [0.717, 1.165) is 28.1 Å². The average molecular weight is 367 g/mol. The Hall–Kier alpha value is -2.03. The number of hydrogen-bond acceptors (Lipinski definition) is 4. The van der Waals surface area contributed by atoms with Crippen molar-refractivity contribution in [3.05, 3.63) is 65.2 Å². The lowest BCUT2D eigenvalue weighted by atomic mass is 9.96. The Labute approximate surface area is 146 Å². The molecule has 2 aromatic carbocycles. The van der Waals surface area contributed by atoms with Crippen molar-refractivity contribution < 1.29 is 17.2 Å². The Morgan fingerprint density at radius 3 is 2.44 bits per heavy atom. The molecule has 1 fully saturated rings. The van der Waals surface area contributed by atoms with Crippen molar-refractivity contribution in [2.24, 2.45) is 5.73 Å². The molecule has 0 bridgehead atoms. The molecule has 3 rings (SSSR count). The molecule has 1 unspecified atom stereocenters. The maximum Gasteiger partial charge on any atom is 0.226 e. The molecule has 0 amide bonds. The average Bonchev–Trinajstić information content (AvgIpc) is 3.08. The number of nitrogens with zero attached hydrogens (tertiary/aromatic N) is 1. The molecule has 25 heavy (non-hydrogen) atoms. The second-order valence-corrected chi connectivity index (χ2v) is 6.81. The fourth-order valence-corrected chi connectivity index (χ4v) is 4.17. The smallest absolute Gasteiger partial charge is 0.226 e. The fraction of sp³-hybridized carbons (Fsp3) is 0.294. The van der Waals surface area contributed by atoms with Crippen LogP contribution in [0, 0.1) is 11.6 Å². The molecule has 1 aliphatic heterocycles. The van der Waals surface area contributed by atoms with Crippen LogP contribution in [0.2, 0.25) is 0 Å². The van der Waals surface area contributed by atoms with E-state index in [9.17, 15) is 17.2 Å². The Kier molecular flexibility index (Phi) is 5.03. The zero-order valence-electron chi connectivity index (χ0n) is 13.4. The first-order valence-corrected chi connectivity index (χ1v) is 9.05. The first-order chi connectivity index (χ1) is 12.0. The number of benzene rings is 2. The number of halogens is 2. The normalized spacial score (nSPS) is 20.2. The van der Waals surface area contributed by atoms with Crippen molar-refractivity contribution in [3.8, 4) is 0 Å². The van der Waals surface area contributed by atoms with Gasteiger partial charge in [-0.1, -0.05) is 12.1 Å². The van der Waals surface area contributed by atoms with Crippen molar-refractivity contribution in [2.45, 2.75) is 25.0 Å². The second-order valence-electron chi connectivity index (χ2n) is 5.93. The summed E-state index contributed by atoms with van der Waals surface area (Å²) in [5.74, 6) is -1.28. The topological polar surface area (TPSA) is 75.4 Å². The van der Waals surface area contributed by atoms with Gasteiger partial charge in [0.05, 0.1) is 5.69 Å². The van der Waals surface area contributed by atoms with Crippen LogP contribution in [0.25, 0.3) is 0 Å². The van der Waals surface area contributed by atoms with Crippen LogP contribution in [0.1, 0.15) is 24.0 Å². The molecule has 8 heteroatoms. The third-order valence-electron chi connectivity index (χ3n) is 4.45. The highest BCUT2D eigenvalue weighted by molar-refractivity contribution is 7.74. The van der Waals surface area contributed by atoms with Gasteiger partial charge in [0.15, 0.2) is 0 Å². The number of hydrogen-bond donors (Lipinski definition) is 3. The van der Waals surface area contributed by atoms with Crippen LogP contribution in [0.5, 0.6) is 0 Å². The van der Waals surface area contributed by atoms with E-state index in [4.69, 9.17) is 5.73 Å². The molecular weight excluding hydrogens is 348 g/mol. The highest BCUT2D eigenvalue weighted by Gasteiger charge is 2.45. The van der Waals surface area contributed by atoms with Crippen LogP contribution in [0.4, 0.5) is 14.5 Å². The zero-order chi connectivity index (χ0) is 18.0. The predicted molar refractivity (Wildman–Crippen MR) is 92.4 cm³/mol. The van der Waals surface area contributed by atoms with Crippen LogP contribution in [-0.2, 0) is 23.1 Å². The summed E-state index contributed by atoms with van der Waals surface area (Å²) < 4.78 is 53.5. The molecule has 1 saturated heterocycles. The maximum absolute atomic E-state index is 14.5. The van der Waals surface area contributed by atoms with E-state index in [1.165, 1.54) is 0 Å². The molecule has 0 aromatic heterocycles. The van der Waals surface area contributed by atoms with E-state index in [1.54, 1.807) is 24.3 Å². The van der Waals surface area contributed by atoms with Gasteiger partial charge in [0.2, 0.25) is 10.9 Å². The van der Waals surface area contributed by atoms with Gasteiger partial charge in [0.1, 0.15) is 17.3 Å². The molecule has 2 aromatic rings. The van der Waals surface area contributed by atoms with Gasteiger partial charge in [-0.3, -0.25) is 5.32 Å². The Morgan fingerprint density at radius 1 is 1.16 bits per heavy atom. The minimum absolute atomic E-state index is 0.0212. The molecule has 0 spiro atoms. The third-order valence-corrected chi connectivity index (χ3v) is 5.35. The summed E-state index contributed by atoms with van der Waals surface area (Å²) in [6, 6.07) is 9.74. The third kappa shape index (κ3) is 3.24. The summed E-state index contributed by atoms with van der Waals surface area (Å²) in [5, 5.41) is 3.07. The van der Waals surface area contributed by atoms with Gasteiger partial charge in [0.25, 0.3) is 0 Å². The maximum atomic E-state index is 14.5. The van der Waals surface area contributed by atoms with Crippen molar-refractivity contribution in [2.75, 3.05) is 10.8 Å². The number of nitrogens with two attached hydrogens (primary N) is 1. The molecule has 0 radical (unpaired) electrons. The van der Waals surface area contributed by atoms with Gasteiger partial charge in [-0.25, -0.2) is 21.5 Å². The number of rotatable bonds is 5. The fourth-order valence-electron chi connectivity index (χ4n) is 3.29. The van der Waals surface area contributed by atoms with Gasteiger partial charge in [-0.2, -0.15) is 0 Å². The number of thiol groups is 1. The van der Waals surface area contributed by atoms with Crippen LogP contribution in [0.3, 0.4) is 0 Å². The molecule has 0 aliphatic carbocycles. The first kappa shape index (κ1) is 17.8. The lowest BCUT2D eigenvalue weighted by molar-refractivity contribution is 0.386. The summed E-state index contributed by atoms with van der Waals surface area (Å²) >= 11 is 0. The number of anilines is 1. The highest BCUT2D eigenvalue weighted by Crippen LogP contribution is 2.39. The molecule has 5 nitrogen and oxygen atoms in total. The highest BCUT2D eigenvalue weighted by atomic mass is 32.2. The van der Waals surface area contributed by atoms with Crippen LogP contribution in [0.15, 0.2) is 42.5 Å². The lowest BCUT2D eigenvalue weighted by Gasteiger charge is -2.39. The first-order valence-electron chi connectivity index (χ1n) is 7.92. The van der Waals surface area contributed by atoms with Gasteiger partial charge < -0.3 is 5.73 Å². The van der Waals surface area contributed by atoms with Gasteiger partial charge in [0, 0.05) is 12.1 Å². The quantitative estimate of drug-likeness (QED) is 0.707. The lowest BCUT2D eigenvalue weighted by Crippen LogP contribution is -2.53.